The first-order chi connectivity index (χ1) is 11.9. The molecular formula is C19H23BrN2O2S. The van der Waals surface area contributed by atoms with Crippen molar-refractivity contribution in [1.29, 1.82) is 0 Å². The fourth-order valence-electron chi connectivity index (χ4n) is 3.19. The maximum absolute atomic E-state index is 12.7. The van der Waals surface area contributed by atoms with E-state index in [1.807, 2.05) is 43.3 Å². The molecule has 0 aromatic heterocycles. The van der Waals surface area contributed by atoms with E-state index in [1.54, 1.807) is 12.1 Å². The molecule has 0 amide bonds. The van der Waals surface area contributed by atoms with Crippen molar-refractivity contribution in [3.05, 3.63) is 58.6 Å². The lowest BCUT2D eigenvalue weighted by Crippen LogP contribution is -2.48. The van der Waals surface area contributed by atoms with E-state index in [2.05, 4.69) is 26.0 Å². The molecule has 0 saturated heterocycles. The molecule has 2 aromatic rings. The predicted molar refractivity (Wildman–Crippen MR) is 105 cm³/mol. The standard InChI is InChI=1S/C19H23BrN2O2S/c1-14-6-12-17(13-7-14)25(23,24)22-19-5-3-2-4-18(19)21-16-10-8-15(20)9-11-16/h6-13,18-19,21-22H,2-5H2,1H3/t18-,19-/m1/s1. The van der Waals surface area contributed by atoms with Crippen LogP contribution in [0.5, 0.6) is 0 Å². The van der Waals surface area contributed by atoms with Crippen LogP contribution >= 0.6 is 15.9 Å². The second kappa shape index (κ2) is 7.89. The molecule has 2 aromatic carbocycles. The van der Waals surface area contributed by atoms with E-state index < -0.39 is 10.0 Å². The normalized spacial score (nSPS) is 21.0. The van der Waals surface area contributed by atoms with Gasteiger partial charge in [-0.25, -0.2) is 13.1 Å². The van der Waals surface area contributed by atoms with E-state index in [1.165, 1.54) is 0 Å². The molecule has 1 aliphatic rings. The average molecular weight is 423 g/mol. The van der Waals surface area contributed by atoms with E-state index in [9.17, 15) is 8.42 Å². The molecule has 2 atom stereocenters. The second-order valence-electron chi connectivity index (χ2n) is 6.58. The Morgan fingerprint density at radius 1 is 0.920 bits per heavy atom. The van der Waals surface area contributed by atoms with Crippen LogP contribution in [-0.4, -0.2) is 20.5 Å². The van der Waals surface area contributed by atoms with E-state index in [0.29, 0.717) is 4.90 Å². The first kappa shape index (κ1) is 18.4. The van der Waals surface area contributed by atoms with Crippen LogP contribution in [0.25, 0.3) is 0 Å². The Morgan fingerprint density at radius 3 is 2.16 bits per heavy atom. The van der Waals surface area contributed by atoms with Crippen LogP contribution in [0.1, 0.15) is 31.2 Å². The van der Waals surface area contributed by atoms with Gasteiger partial charge in [0.05, 0.1) is 4.90 Å². The minimum absolute atomic E-state index is 0.0927. The van der Waals surface area contributed by atoms with Crippen molar-refractivity contribution in [2.24, 2.45) is 0 Å². The summed E-state index contributed by atoms with van der Waals surface area (Å²) < 4.78 is 29.4. The van der Waals surface area contributed by atoms with Crippen molar-refractivity contribution in [2.75, 3.05) is 5.32 Å². The summed E-state index contributed by atoms with van der Waals surface area (Å²) in [5, 5.41) is 3.49. The molecule has 0 aliphatic heterocycles. The third-order valence-electron chi connectivity index (χ3n) is 4.60. The molecule has 0 bridgehead atoms. The highest BCUT2D eigenvalue weighted by atomic mass is 79.9. The Hall–Kier alpha value is -1.37. The molecule has 1 saturated carbocycles. The van der Waals surface area contributed by atoms with E-state index in [4.69, 9.17) is 0 Å². The molecule has 0 spiro atoms. The number of sulfonamides is 1. The Labute approximate surface area is 158 Å². The Balaban J connectivity index is 1.74. The summed E-state index contributed by atoms with van der Waals surface area (Å²) in [4.78, 5) is 0.325. The molecule has 25 heavy (non-hydrogen) atoms. The smallest absolute Gasteiger partial charge is 0.240 e. The molecule has 1 aliphatic carbocycles. The number of anilines is 1. The van der Waals surface area contributed by atoms with Gasteiger partial charge in [-0.05, 0) is 56.2 Å². The highest BCUT2D eigenvalue weighted by Crippen LogP contribution is 2.25. The predicted octanol–water partition coefficient (Wildman–Crippen LogP) is 4.46. The molecule has 0 unspecified atom stereocenters. The number of nitrogens with one attached hydrogen (secondary N) is 2. The van der Waals surface area contributed by atoms with Crippen molar-refractivity contribution in [3.8, 4) is 0 Å². The number of aryl methyl sites for hydroxylation is 1. The summed E-state index contributed by atoms with van der Waals surface area (Å²) >= 11 is 3.43. The molecule has 2 N–H and O–H groups in total. The molecule has 0 radical (unpaired) electrons. The van der Waals surface area contributed by atoms with Gasteiger partial charge in [0, 0.05) is 22.2 Å². The quantitative estimate of drug-likeness (QED) is 0.747. The molecule has 3 rings (SSSR count). The largest absolute Gasteiger partial charge is 0.381 e. The first-order valence-corrected chi connectivity index (χ1v) is 10.8. The number of halogens is 1. The summed E-state index contributed by atoms with van der Waals surface area (Å²) in [7, 11) is -3.51. The minimum atomic E-state index is -3.51. The van der Waals surface area contributed by atoms with Crippen LogP contribution in [-0.2, 0) is 10.0 Å². The molecule has 1 fully saturated rings. The SMILES string of the molecule is Cc1ccc(S(=O)(=O)N[C@@H]2CCCC[C@H]2Nc2ccc(Br)cc2)cc1. The molecule has 0 heterocycles. The van der Waals surface area contributed by atoms with Crippen LogP contribution < -0.4 is 10.0 Å². The summed E-state index contributed by atoms with van der Waals surface area (Å²) in [5.74, 6) is 0. The zero-order valence-corrected chi connectivity index (χ0v) is 16.6. The van der Waals surface area contributed by atoms with Crippen LogP contribution in [0.3, 0.4) is 0 Å². The van der Waals surface area contributed by atoms with Crippen LogP contribution in [0.4, 0.5) is 5.69 Å². The highest BCUT2D eigenvalue weighted by molar-refractivity contribution is 9.10. The van der Waals surface area contributed by atoms with Crippen molar-refractivity contribution < 1.29 is 8.42 Å². The zero-order valence-electron chi connectivity index (χ0n) is 14.2. The minimum Gasteiger partial charge on any atom is -0.381 e. The number of benzene rings is 2. The summed E-state index contributed by atoms with van der Waals surface area (Å²) in [6, 6.07) is 14.9. The Bertz CT molecular complexity index is 804. The lowest BCUT2D eigenvalue weighted by atomic mass is 9.91. The zero-order chi connectivity index (χ0) is 17.9. The summed E-state index contributed by atoms with van der Waals surface area (Å²) in [6.45, 7) is 1.95. The van der Waals surface area contributed by atoms with E-state index in [0.717, 1.165) is 41.4 Å². The van der Waals surface area contributed by atoms with Gasteiger partial charge in [0.25, 0.3) is 0 Å². The van der Waals surface area contributed by atoms with Crippen LogP contribution in [0, 0.1) is 6.92 Å². The molecular weight excluding hydrogens is 400 g/mol. The van der Waals surface area contributed by atoms with Gasteiger partial charge in [-0.15, -0.1) is 0 Å². The van der Waals surface area contributed by atoms with Gasteiger partial charge in [-0.2, -0.15) is 0 Å². The lowest BCUT2D eigenvalue weighted by Gasteiger charge is -2.33. The lowest BCUT2D eigenvalue weighted by molar-refractivity contribution is 0.378. The second-order valence-corrected chi connectivity index (χ2v) is 9.21. The average Bonchev–Trinajstić information content (AvgIpc) is 2.59. The van der Waals surface area contributed by atoms with E-state index >= 15 is 0 Å². The number of hydrogen-bond acceptors (Lipinski definition) is 3. The topological polar surface area (TPSA) is 58.2 Å². The third-order valence-corrected chi connectivity index (χ3v) is 6.63. The Morgan fingerprint density at radius 2 is 1.52 bits per heavy atom. The van der Waals surface area contributed by atoms with E-state index in [-0.39, 0.29) is 12.1 Å². The number of hydrogen-bond donors (Lipinski definition) is 2. The maximum atomic E-state index is 12.7. The van der Waals surface area contributed by atoms with Gasteiger partial charge in [0.2, 0.25) is 10.0 Å². The van der Waals surface area contributed by atoms with Gasteiger partial charge < -0.3 is 5.32 Å². The van der Waals surface area contributed by atoms with Gasteiger partial charge in [0.15, 0.2) is 0 Å². The van der Waals surface area contributed by atoms with Crippen molar-refractivity contribution in [2.45, 2.75) is 49.6 Å². The maximum Gasteiger partial charge on any atom is 0.240 e. The fourth-order valence-corrected chi connectivity index (χ4v) is 4.77. The third kappa shape index (κ3) is 4.84. The molecule has 6 heteroatoms. The first-order valence-electron chi connectivity index (χ1n) is 8.55. The fraction of sp³-hybridized carbons (Fsp3) is 0.368. The molecule has 134 valence electrons. The van der Waals surface area contributed by atoms with Crippen LogP contribution in [0.15, 0.2) is 57.9 Å². The van der Waals surface area contributed by atoms with Gasteiger partial charge in [0.1, 0.15) is 0 Å². The Kier molecular flexibility index (Phi) is 5.81. The van der Waals surface area contributed by atoms with Crippen molar-refractivity contribution >= 4 is 31.6 Å². The monoisotopic (exact) mass is 422 g/mol. The van der Waals surface area contributed by atoms with Gasteiger partial charge >= 0.3 is 0 Å². The highest BCUT2D eigenvalue weighted by Gasteiger charge is 2.29. The van der Waals surface area contributed by atoms with Crippen molar-refractivity contribution in [3.63, 3.8) is 0 Å². The van der Waals surface area contributed by atoms with Gasteiger partial charge in [-0.3, -0.25) is 0 Å². The van der Waals surface area contributed by atoms with Crippen molar-refractivity contribution in [1.82, 2.24) is 4.72 Å². The summed E-state index contributed by atoms with van der Waals surface area (Å²) in [5.41, 5.74) is 2.06. The summed E-state index contributed by atoms with van der Waals surface area (Å²) in [6.07, 6.45) is 3.95. The van der Waals surface area contributed by atoms with Crippen LogP contribution in [0.2, 0.25) is 0 Å². The van der Waals surface area contributed by atoms with Gasteiger partial charge in [-0.1, -0.05) is 46.5 Å². The number of rotatable bonds is 5. The molecule has 4 nitrogen and oxygen atoms in total.